The highest BCUT2D eigenvalue weighted by Crippen LogP contribution is 2.22. The number of nitrogens with zero attached hydrogens (tertiary/aromatic N) is 3. The molecule has 0 aliphatic carbocycles. The zero-order chi connectivity index (χ0) is 20.1. The molecule has 0 bridgehead atoms. The Balaban J connectivity index is 1.84. The highest BCUT2D eigenvalue weighted by Gasteiger charge is 2.15. The molecule has 1 N–H and O–H groups in total. The van der Waals surface area contributed by atoms with Gasteiger partial charge in [-0.25, -0.2) is 0 Å². The fourth-order valence-corrected chi connectivity index (χ4v) is 2.71. The molecule has 1 aromatic heterocycles. The molecule has 0 aliphatic rings. The number of carbonyl (C=O) groups excluding carboxylic acids is 2. The van der Waals surface area contributed by atoms with Crippen LogP contribution in [0, 0.1) is 30.9 Å². The van der Waals surface area contributed by atoms with Gasteiger partial charge in [0.15, 0.2) is 6.61 Å². The molecule has 0 spiro atoms. The lowest BCUT2D eigenvalue weighted by Gasteiger charge is -2.07. The number of carbonyl (C=O) groups is 2. The molecular formula is C18H22N4O5. The van der Waals surface area contributed by atoms with Gasteiger partial charge in [-0.2, -0.15) is 5.10 Å². The van der Waals surface area contributed by atoms with E-state index in [1.807, 2.05) is 20.9 Å². The van der Waals surface area contributed by atoms with Crippen molar-refractivity contribution >= 4 is 23.3 Å². The van der Waals surface area contributed by atoms with Crippen molar-refractivity contribution in [1.82, 2.24) is 9.78 Å². The van der Waals surface area contributed by atoms with Gasteiger partial charge < -0.3 is 10.1 Å². The molecular weight excluding hydrogens is 352 g/mol. The first-order chi connectivity index (χ1) is 12.7. The fourth-order valence-electron chi connectivity index (χ4n) is 2.71. The summed E-state index contributed by atoms with van der Waals surface area (Å²) in [4.78, 5) is 34.2. The number of nitro benzene ring substituents is 1. The van der Waals surface area contributed by atoms with Gasteiger partial charge >= 0.3 is 5.97 Å². The van der Waals surface area contributed by atoms with Crippen LogP contribution in [0.1, 0.15) is 28.9 Å². The van der Waals surface area contributed by atoms with E-state index in [2.05, 4.69) is 10.4 Å². The number of rotatable bonds is 7. The number of nitrogens with one attached hydrogen (secondary N) is 1. The van der Waals surface area contributed by atoms with Gasteiger partial charge in [0, 0.05) is 36.5 Å². The molecule has 27 heavy (non-hydrogen) atoms. The Bertz CT molecular complexity index is 888. The van der Waals surface area contributed by atoms with E-state index in [9.17, 15) is 19.7 Å². The lowest BCUT2D eigenvalue weighted by atomic mass is 10.1. The minimum absolute atomic E-state index is 0.0907. The van der Waals surface area contributed by atoms with Crippen molar-refractivity contribution in [2.75, 3.05) is 11.9 Å². The summed E-state index contributed by atoms with van der Waals surface area (Å²) in [6.45, 7) is 4.96. The van der Waals surface area contributed by atoms with Crippen LogP contribution in [0.2, 0.25) is 0 Å². The molecule has 0 aliphatic heterocycles. The second-order valence-corrected chi connectivity index (χ2v) is 6.24. The van der Waals surface area contributed by atoms with E-state index in [4.69, 9.17) is 4.74 Å². The maximum absolute atomic E-state index is 11.9. The SMILES string of the molecule is Cc1ccc(NC(=O)COC(=O)CCc2c(C)nn(C)c2C)cc1[N+](=O)[O-]. The van der Waals surface area contributed by atoms with E-state index < -0.39 is 23.4 Å². The Labute approximate surface area is 156 Å². The van der Waals surface area contributed by atoms with Crippen LogP contribution >= 0.6 is 0 Å². The first kappa shape index (κ1) is 20.1. The first-order valence-corrected chi connectivity index (χ1v) is 8.38. The van der Waals surface area contributed by atoms with Crippen molar-refractivity contribution in [3.63, 3.8) is 0 Å². The van der Waals surface area contributed by atoms with Gasteiger partial charge in [0.05, 0.1) is 10.6 Å². The fraction of sp³-hybridized carbons (Fsp3) is 0.389. The maximum atomic E-state index is 11.9. The standard InChI is InChI=1S/C18H22N4O5/c1-11-5-6-14(9-16(11)22(25)26)19-17(23)10-27-18(24)8-7-15-12(2)20-21(4)13(15)3/h5-6,9H,7-8,10H2,1-4H3,(H,19,23). The third-order valence-electron chi connectivity index (χ3n) is 4.29. The number of aryl methyl sites for hydroxylation is 3. The number of esters is 1. The monoisotopic (exact) mass is 374 g/mol. The zero-order valence-corrected chi connectivity index (χ0v) is 15.7. The molecule has 0 atom stereocenters. The van der Waals surface area contributed by atoms with E-state index in [0.717, 1.165) is 17.0 Å². The normalized spacial score (nSPS) is 10.5. The van der Waals surface area contributed by atoms with Crippen molar-refractivity contribution < 1.29 is 19.2 Å². The van der Waals surface area contributed by atoms with E-state index >= 15 is 0 Å². The third-order valence-corrected chi connectivity index (χ3v) is 4.29. The van der Waals surface area contributed by atoms with Crippen LogP contribution in [0.3, 0.4) is 0 Å². The molecule has 1 amide bonds. The number of nitro groups is 1. The molecule has 0 saturated carbocycles. The molecule has 0 fully saturated rings. The molecule has 1 heterocycles. The topological polar surface area (TPSA) is 116 Å². The second kappa shape index (κ2) is 8.43. The number of aromatic nitrogens is 2. The summed E-state index contributed by atoms with van der Waals surface area (Å²) in [7, 11) is 1.84. The van der Waals surface area contributed by atoms with Gasteiger partial charge in [-0.3, -0.25) is 24.4 Å². The maximum Gasteiger partial charge on any atom is 0.306 e. The van der Waals surface area contributed by atoms with Crippen molar-refractivity contribution in [3.05, 3.63) is 50.8 Å². The molecule has 2 rings (SSSR count). The van der Waals surface area contributed by atoms with Crippen molar-refractivity contribution in [1.29, 1.82) is 0 Å². The smallest absolute Gasteiger partial charge is 0.306 e. The largest absolute Gasteiger partial charge is 0.456 e. The predicted molar refractivity (Wildman–Crippen MR) is 98.4 cm³/mol. The Morgan fingerprint density at radius 1 is 1.30 bits per heavy atom. The van der Waals surface area contributed by atoms with Crippen LogP contribution in [0.4, 0.5) is 11.4 Å². The summed E-state index contributed by atoms with van der Waals surface area (Å²) >= 11 is 0. The van der Waals surface area contributed by atoms with Gasteiger partial charge in [-0.05, 0) is 38.8 Å². The second-order valence-electron chi connectivity index (χ2n) is 6.24. The number of ether oxygens (including phenoxy) is 1. The average Bonchev–Trinajstić information content (AvgIpc) is 2.84. The highest BCUT2D eigenvalue weighted by molar-refractivity contribution is 5.93. The minimum atomic E-state index is -0.560. The van der Waals surface area contributed by atoms with Gasteiger partial charge in [-0.15, -0.1) is 0 Å². The highest BCUT2D eigenvalue weighted by atomic mass is 16.6. The molecule has 144 valence electrons. The van der Waals surface area contributed by atoms with Gasteiger partial charge in [0.1, 0.15) is 0 Å². The van der Waals surface area contributed by atoms with Gasteiger partial charge in [0.25, 0.3) is 11.6 Å². The third kappa shape index (κ3) is 5.13. The van der Waals surface area contributed by atoms with Gasteiger partial charge in [-0.1, -0.05) is 6.07 Å². The first-order valence-electron chi connectivity index (χ1n) is 8.38. The number of hydrogen-bond acceptors (Lipinski definition) is 6. The van der Waals surface area contributed by atoms with Gasteiger partial charge in [0.2, 0.25) is 0 Å². The Morgan fingerprint density at radius 3 is 2.59 bits per heavy atom. The summed E-state index contributed by atoms with van der Waals surface area (Å²) in [5, 5.41) is 17.7. The Morgan fingerprint density at radius 2 is 2.00 bits per heavy atom. The number of benzene rings is 1. The molecule has 0 unspecified atom stereocenters. The van der Waals surface area contributed by atoms with Crippen LogP contribution < -0.4 is 5.32 Å². The van der Waals surface area contributed by atoms with Crippen molar-refractivity contribution in [3.8, 4) is 0 Å². The summed E-state index contributed by atoms with van der Waals surface area (Å²) in [6, 6.07) is 4.36. The van der Waals surface area contributed by atoms with E-state index in [-0.39, 0.29) is 17.8 Å². The van der Waals surface area contributed by atoms with Crippen LogP contribution in [0.15, 0.2) is 18.2 Å². The minimum Gasteiger partial charge on any atom is -0.456 e. The molecule has 0 radical (unpaired) electrons. The number of anilines is 1. The van der Waals surface area contributed by atoms with E-state index in [1.165, 1.54) is 12.1 Å². The summed E-state index contributed by atoms with van der Waals surface area (Å²) in [5.41, 5.74) is 3.51. The Kier molecular flexibility index (Phi) is 6.27. The summed E-state index contributed by atoms with van der Waals surface area (Å²) < 4.78 is 6.73. The van der Waals surface area contributed by atoms with Crippen LogP contribution in [-0.2, 0) is 27.8 Å². The molecule has 9 heteroatoms. The predicted octanol–water partition coefficient (Wildman–Crippen LogP) is 2.37. The molecule has 0 saturated heterocycles. The summed E-state index contributed by atoms with van der Waals surface area (Å²) in [5.74, 6) is -1.06. The lowest BCUT2D eigenvalue weighted by molar-refractivity contribution is -0.385. The van der Waals surface area contributed by atoms with Crippen molar-refractivity contribution in [2.24, 2.45) is 7.05 Å². The molecule has 1 aromatic carbocycles. The van der Waals surface area contributed by atoms with Crippen LogP contribution in [-0.4, -0.2) is 33.2 Å². The molecule has 9 nitrogen and oxygen atoms in total. The molecule has 2 aromatic rings. The summed E-state index contributed by atoms with van der Waals surface area (Å²) in [6.07, 6.45) is 0.618. The zero-order valence-electron chi connectivity index (χ0n) is 15.7. The lowest BCUT2D eigenvalue weighted by Crippen LogP contribution is -2.21. The van der Waals surface area contributed by atoms with Crippen molar-refractivity contribution in [2.45, 2.75) is 33.6 Å². The Hall–Kier alpha value is -3.23. The van der Waals surface area contributed by atoms with E-state index in [1.54, 1.807) is 17.7 Å². The number of hydrogen-bond donors (Lipinski definition) is 1. The average molecular weight is 374 g/mol. The van der Waals surface area contributed by atoms with E-state index in [0.29, 0.717) is 12.0 Å². The van der Waals surface area contributed by atoms with Crippen LogP contribution in [0.5, 0.6) is 0 Å². The number of amides is 1. The quantitative estimate of drug-likeness (QED) is 0.452. The van der Waals surface area contributed by atoms with Crippen LogP contribution in [0.25, 0.3) is 0 Å².